The van der Waals surface area contributed by atoms with Crippen molar-refractivity contribution in [2.75, 3.05) is 7.05 Å². The second kappa shape index (κ2) is 6.13. The van der Waals surface area contributed by atoms with E-state index in [9.17, 15) is 10.1 Å². The van der Waals surface area contributed by atoms with E-state index < -0.39 is 11.6 Å². The molecule has 1 aliphatic heterocycles. The van der Waals surface area contributed by atoms with Crippen molar-refractivity contribution in [2.24, 2.45) is 9.98 Å². The minimum absolute atomic E-state index is 0.335. The zero-order chi connectivity index (χ0) is 15.5. The molecule has 0 saturated carbocycles. The first-order chi connectivity index (χ1) is 9.96. The molecule has 110 valence electrons. The maximum Gasteiger partial charge on any atom is 0.278 e. The fraction of sp³-hybridized carbons (Fsp3) is 0.357. The predicted octanol–water partition coefficient (Wildman–Crippen LogP) is 2.39. The Morgan fingerprint density at radius 2 is 2.33 bits per heavy atom. The fourth-order valence-electron chi connectivity index (χ4n) is 2.34. The van der Waals surface area contributed by atoms with Gasteiger partial charge >= 0.3 is 0 Å². The van der Waals surface area contributed by atoms with Crippen LogP contribution in [0.5, 0.6) is 0 Å². The summed E-state index contributed by atoms with van der Waals surface area (Å²) in [6.07, 6.45) is 6.96. The van der Waals surface area contributed by atoms with Crippen molar-refractivity contribution >= 4 is 23.5 Å². The van der Waals surface area contributed by atoms with E-state index in [1.54, 1.807) is 50.7 Å². The minimum Gasteiger partial charge on any atom is -0.290 e. The summed E-state index contributed by atoms with van der Waals surface area (Å²) in [7, 11) is 1.56. The number of nitrogens with zero attached hydrogens (tertiary/aromatic N) is 4. The Morgan fingerprint density at radius 3 is 2.81 bits per heavy atom. The standard InChI is InChI=1S/C14H15ClN4O2/c1-14(6-3-7-18-14)13(19(20)21)11(16-2)8-10-4-5-12(15)17-9-10/h3-7,9,13H,8H2,1-2H3. The number of aromatic nitrogens is 1. The topological polar surface area (TPSA) is 80.8 Å². The Kier molecular flexibility index (Phi) is 4.47. The molecule has 0 amide bonds. The van der Waals surface area contributed by atoms with Gasteiger partial charge in [0, 0.05) is 30.8 Å². The van der Waals surface area contributed by atoms with Gasteiger partial charge in [-0.1, -0.05) is 17.7 Å². The van der Waals surface area contributed by atoms with Gasteiger partial charge in [0.25, 0.3) is 6.04 Å². The molecule has 2 atom stereocenters. The van der Waals surface area contributed by atoms with Gasteiger partial charge in [-0.05, 0) is 30.7 Å². The third kappa shape index (κ3) is 3.33. The van der Waals surface area contributed by atoms with Gasteiger partial charge in [-0.25, -0.2) is 4.98 Å². The Bertz CT molecular complexity index is 610. The lowest BCUT2D eigenvalue weighted by atomic mass is 9.88. The van der Waals surface area contributed by atoms with Gasteiger partial charge in [-0.2, -0.15) is 0 Å². The molecule has 0 fully saturated rings. The highest BCUT2D eigenvalue weighted by molar-refractivity contribution is 6.29. The van der Waals surface area contributed by atoms with Crippen LogP contribution in [-0.2, 0) is 6.42 Å². The second-order valence-electron chi connectivity index (χ2n) is 4.93. The maximum absolute atomic E-state index is 11.5. The molecule has 0 saturated heterocycles. The van der Waals surface area contributed by atoms with Crippen LogP contribution in [0.3, 0.4) is 0 Å². The number of nitro groups is 1. The lowest BCUT2D eigenvalue weighted by molar-refractivity contribution is -0.510. The molecule has 1 aliphatic rings. The van der Waals surface area contributed by atoms with Crippen LogP contribution in [0.2, 0.25) is 5.15 Å². The van der Waals surface area contributed by atoms with E-state index in [1.165, 1.54) is 0 Å². The summed E-state index contributed by atoms with van der Waals surface area (Å²) >= 11 is 5.74. The zero-order valence-corrected chi connectivity index (χ0v) is 12.5. The molecule has 0 aliphatic carbocycles. The third-order valence-corrected chi connectivity index (χ3v) is 3.64. The quantitative estimate of drug-likeness (QED) is 0.362. The molecule has 1 aromatic heterocycles. The maximum atomic E-state index is 11.5. The normalized spacial score (nSPS) is 22.5. The molecule has 0 radical (unpaired) electrons. The Morgan fingerprint density at radius 1 is 1.57 bits per heavy atom. The van der Waals surface area contributed by atoms with Crippen LogP contribution < -0.4 is 0 Å². The molecule has 6 nitrogen and oxygen atoms in total. The van der Waals surface area contributed by atoms with Gasteiger partial charge in [0.1, 0.15) is 10.7 Å². The van der Waals surface area contributed by atoms with Gasteiger partial charge in [-0.15, -0.1) is 0 Å². The van der Waals surface area contributed by atoms with Crippen LogP contribution in [-0.4, -0.2) is 40.5 Å². The number of rotatable bonds is 5. The van der Waals surface area contributed by atoms with Crippen LogP contribution >= 0.6 is 11.6 Å². The largest absolute Gasteiger partial charge is 0.290 e. The molecular formula is C14H15ClN4O2. The number of hydrogen-bond donors (Lipinski definition) is 0. The predicted molar refractivity (Wildman–Crippen MR) is 83.1 cm³/mol. The minimum atomic E-state index is -1.01. The molecule has 0 N–H and O–H groups in total. The van der Waals surface area contributed by atoms with E-state index >= 15 is 0 Å². The molecule has 2 unspecified atom stereocenters. The van der Waals surface area contributed by atoms with Crippen LogP contribution in [0, 0.1) is 10.1 Å². The summed E-state index contributed by atoms with van der Waals surface area (Å²) in [5, 5.41) is 11.9. The summed E-state index contributed by atoms with van der Waals surface area (Å²) in [4.78, 5) is 23.5. The van der Waals surface area contributed by atoms with Crippen LogP contribution in [0.25, 0.3) is 0 Å². The van der Waals surface area contributed by atoms with E-state index in [4.69, 9.17) is 11.6 Å². The third-order valence-electron chi connectivity index (χ3n) is 3.41. The van der Waals surface area contributed by atoms with E-state index in [1.807, 2.05) is 0 Å². The lowest BCUT2D eigenvalue weighted by Crippen LogP contribution is -2.47. The van der Waals surface area contributed by atoms with Crippen molar-refractivity contribution in [3.63, 3.8) is 0 Å². The number of aliphatic imine (C=N–C) groups is 2. The Labute approximate surface area is 127 Å². The lowest BCUT2D eigenvalue weighted by Gasteiger charge is -2.24. The molecular weight excluding hydrogens is 292 g/mol. The van der Waals surface area contributed by atoms with Crippen molar-refractivity contribution in [3.8, 4) is 0 Å². The summed E-state index contributed by atoms with van der Waals surface area (Å²) in [5.74, 6) is 0. The van der Waals surface area contributed by atoms with Gasteiger partial charge in [0.2, 0.25) is 0 Å². The van der Waals surface area contributed by atoms with Gasteiger partial charge < -0.3 is 0 Å². The van der Waals surface area contributed by atoms with E-state index in [-0.39, 0.29) is 4.92 Å². The monoisotopic (exact) mass is 306 g/mol. The first-order valence-electron chi connectivity index (χ1n) is 6.39. The number of pyridine rings is 1. The van der Waals surface area contributed by atoms with Crippen molar-refractivity contribution in [1.82, 2.24) is 4.98 Å². The number of halogens is 1. The van der Waals surface area contributed by atoms with Crippen molar-refractivity contribution in [2.45, 2.75) is 24.9 Å². The van der Waals surface area contributed by atoms with Crippen LogP contribution in [0.1, 0.15) is 12.5 Å². The molecule has 2 heterocycles. The summed E-state index contributed by atoms with van der Waals surface area (Å²) in [6.45, 7) is 1.73. The Balaban J connectivity index is 2.29. The van der Waals surface area contributed by atoms with Crippen LogP contribution in [0.4, 0.5) is 0 Å². The van der Waals surface area contributed by atoms with Crippen molar-refractivity contribution < 1.29 is 4.92 Å². The van der Waals surface area contributed by atoms with Gasteiger partial charge in [0.05, 0.1) is 5.71 Å². The van der Waals surface area contributed by atoms with Crippen LogP contribution in [0.15, 0.2) is 40.5 Å². The van der Waals surface area contributed by atoms with E-state index in [0.717, 1.165) is 5.56 Å². The number of allylic oxidation sites excluding steroid dienone is 1. The highest BCUT2D eigenvalue weighted by atomic mass is 35.5. The first kappa shape index (κ1) is 15.3. The average Bonchev–Trinajstić information content (AvgIpc) is 2.87. The van der Waals surface area contributed by atoms with E-state index in [2.05, 4.69) is 15.0 Å². The molecule has 0 aromatic carbocycles. The summed E-state index contributed by atoms with van der Waals surface area (Å²) in [5.41, 5.74) is 0.370. The Hall–Kier alpha value is -2.08. The fourth-order valence-corrected chi connectivity index (χ4v) is 2.45. The van der Waals surface area contributed by atoms with Gasteiger partial charge in [-0.3, -0.25) is 20.1 Å². The first-order valence-corrected chi connectivity index (χ1v) is 6.76. The molecule has 0 spiro atoms. The molecule has 2 rings (SSSR count). The number of hydrogen-bond acceptors (Lipinski definition) is 5. The summed E-state index contributed by atoms with van der Waals surface area (Å²) < 4.78 is 0. The van der Waals surface area contributed by atoms with Gasteiger partial charge in [0.15, 0.2) is 0 Å². The summed E-state index contributed by atoms with van der Waals surface area (Å²) in [6, 6.07) is 2.43. The molecule has 1 aromatic rings. The smallest absolute Gasteiger partial charge is 0.278 e. The van der Waals surface area contributed by atoms with Crippen molar-refractivity contribution in [1.29, 1.82) is 0 Å². The zero-order valence-electron chi connectivity index (χ0n) is 11.7. The molecule has 7 heteroatoms. The van der Waals surface area contributed by atoms with E-state index in [0.29, 0.717) is 17.3 Å². The molecule has 21 heavy (non-hydrogen) atoms. The van der Waals surface area contributed by atoms with Crippen molar-refractivity contribution in [3.05, 3.63) is 51.3 Å². The highest BCUT2D eigenvalue weighted by Gasteiger charge is 2.45. The average molecular weight is 307 g/mol. The SMILES string of the molecule is CN=C(Cc1ccc(Cl)nc1)C([N+](=O)[O-])C1(C)C=CC=N1. The second-order valence-corrected chi connectivity index (χ2v) is 5.32. The molecule has 0 bridgehead atoms. The highest BCUT2D eigenvalue weighted by Crippen LogP contribution is 2.25.